The lowest BCUT2D eigenvalue weighted by molar-refractivity contribution is -0.115. The molecule has 1 heterocycles. The summed E-state index contributed by atoms with van der Waals surface area (Å²) in [5, 5.41) is 12.0. The average Bonchev–Trinajstić information content (AvgIpc) is 3.02. The minimum atomic E-state index is -0.378. The number of aromatic nitrogens is 3. The Morgan fingerprint density at radius 1 is 1.22 bits per heavy atom. The molecule has 1 N–H and O–H groups in total. The van der Waals surface area contributed by atoms with E-state index in [4.69, 9.17) is 16.3 Å². The van der Waals surface area contributed by atoms with Crippen LogP contribution in [0.25, 0.3) is 5.69 Å². The zero-order chi connectivity index (χ0) is 19.4. The van der Waals surface area contributed by atoms with Gasteiger partial charge in [0.25, 0.3) is 0 Å². The standard InChI is InChI=1S/C19H19ClN4O2S/c1-12(18(25)21-14-9-10-17(26-3)16(20)11-14)27-19-23-22-13(2)24(19)15-7-5-4-6-8-15/h4-12H,1-3H3,(H,21,25). The first-order chi connectivity index (χ1) is 13.0. The van der Waals surface area contributed by atoms with Crippen LogP contribution in [0.5, 0.6) is 5.75 Å². The van der Waals surface area contributed by atoms with E-state index in [1.165, 1.54) is 11.8 Å². The van der Waals surface area contributed by atoms with Crippen molar-refractivity contribution in [2.45, 2.75) is 24.3 Å². The number of methoxy groups -OCH3 is 1. The van der Waals surface area contributed by atoms with Gasteiger partial charge in [-0.3, -0.25) is 9.36 Å². The fraction of sp³-hybridized carbons (Fsp3) is 0.211. The topological polar surface area (TPSA) is 69.0 Å². The molecule has 0 aliphatic heterocycles. The lowest BCUT2D eigenvalue weighted by Crippen LogP contribution is -2.22. The zero-order valence-electron chi connectivity index (χ0n) is 15.1. The normalized spacial score (nSPS) is 11.9. The highest BCUT2D eigenvalue weighted by atomic mass is 35.5. The number of aryl methyl sites for hydroxylation is 1. The second kappa shape index (κ2) is 8.45. The minimum Gasteiger partial charge on any atom is -0.495 e. The van der Waals surface area contributed by atoms with Crippen LogP contribution in [0.3, 0.4) is 0 Å². The van der Waals surface area contributed by atoms with Crippen molar-refractivity contribution in [1.82, 2.24) is 14.8 Å². The van der Waals surface area contributed by atoms with E-state index in [1.54, 1.807) is 25.3 Å². The predicted molar refractivity (Wildman–Crippen MR) is 108 cm³/mol. The summed E-state index contributed by atoms with van der Waals surface area (Å²) >= 11 is 7.46. The van der Waals surface area contributed by atoms with Crippen molar-refractivity contribution in [3.8, 4) is 11.4 Å². The number of carbonyl (C=O) groups excluding carboxylic acids is 1. The molecule has 0 spiro atoms. The summed E-state index contributed by atoms with van der Waals surface area (Å²) in [5.41, 5.74) is 1.57. The van der Waals surface area contributed by atoms with Gasteiger partial charge in [-0.1, -0.05) is 41.6 Å². The summed E-state index contributed by atoms with van der Waals surface area (Å²) in [6, 6.07) is 14.9. The van der Waals surface area contributed by atoms with Gasteiger partial charge in [-0.25, -0.2) is 0 Å². The van der Waals surface area contributed by atoms with Crippen LogP contribution in [0, 0.1) is 6.92 Å². The first-order valence-corrected chi connectivity index (χ1v) is 9.54. The minimum absolute atomic E-state index is 0.151. The van der Waals surface area contributed by atoms with E-state index >= 15 is 0 Å². The van der Waals surface area contributed by atoms with Crippen molar-refractivity contribution in [1.29, 1.82) is 0 Å². The Kier molecular flexibility index (Phi) is 6.03. The molecule has 0 saturated heterocycles. The van der Waals surface area contributed by atoms with E-state index in [0.717, 1.165) is 11.5 Å². The Labute approximate surface area is 166 Å². The number of ether oxygens (including phenoxy) is 1. The molecule has 0 bridgehead atoms. The highest BCUT2D eigenvalue weighted by molar-refractivity contribution is 8.00. The van der Waals surface area contributed by atoms with E-state index in [0.29, 0.717) is 21.6 Å². The monoisotopic (exact) mass is 402 g/mol. The SMILES string of the molecule is COc1ccc(NC(=O)C(C)Sc2nnc(C)n2-c2ccccc2)cc1Cl. The molecular weight excluding hydrogens is 384 g/mol. The molecule has 0 aliphatic carbocycles. The van der Waals surface area contributed by atoms with E-state index in [1.807, 2.05) is 48.7 Å². The number of halogens is 1. The van der Waals surface area contributed by atoms with Gasteiger partial charge in [-0.15, -0.1) is 10.2 Å². The molecule has 1 unspecified atom stereocenters. The molecule has 3 rings (SSSR count). The van der Waals surface area contributed by atoms with Gasteiger partial charge in [-0.05, 0) is 44.2 Å². The lowest BCUT2D eigenvalue weighted by atomic mass is 10.3. The summed E-state index contributed by atoms with van der Waals surface area (Å²) in [5.74, 6) is 1.17. The van der Waals surface area contributed by atoms with Crippen LogP contribution >= 0.6 is 23.4 Å². The van der Waals surface area contributed by atoms with Gasteiger partial charge in [0.1, 0.15) is 11.6 Å². The number of hydrogen-bond acceptors (Lipinski definition) is 5. The molecule has 0 aliphatic rings. The fourth-order valence-electron chi connectivity index (χ4n) is 2.49. The van der Waals surface area contributed by atoms with Crippen molar-refractivity contribution < 1.29 is 9.53 Å². The molecule has 0 fully saturated rings. The number of para-hydroxylation sites is 1. The van der Waals surface area contributed by atoms with Crippen LogP contribution in [0.2, 0.25) is 5.02 Å². The highest BCUT2D eigenvalue weighted by Gasteiger charge is 2.20. The van der Waals surface area contributed by atoms with Gasteiger partial charge < -0.3 is 10.1 Å². The fourth-order valence-corrected chi connectivity index (χ4v) is 3.66. The van der Waals surface area contributed by atoms with E-state index < -0.39 is 0 Å². The highest BCUT2D eigenvalue weighted by Crippen LogP contribution is 2.29. The number of carbonyl (C=O) groups is 1. The molecule has 1 aromatic heterocycles. The Morgan fingerprint density at radius 2 is 1.96 bits per heavy atom. The maximum atomic E-state index is 12.6. The summed E-state index contributed by atoms with van der Waals surface area (Å²) < 4.78 is 7.05. The van der Waals surface area contributed by atoms with E-state index in [-0.39, 0.29) is 11.2 Å². The van der Waals surface area contributed by atoms with Crippen LogP contribution in [0.15, 0.2) is 53.7 Å². The second-order valence-corrected chi connectivity index (χ2v) is 7.51. The third-order valence-corrected chi connectivity index (χ3v) is 5.22. The number of thioether (sulfide) groups is 1. The number of anilines is 1. The maximum Gasteiger partial charge on any atom is 0.237 e. The predicted octanol–water partition coefficient (Wildman–Crippen LogP) is 4.36. The molecule has 6 nitrogen and oxygen atoms in total. The van der Waals surface area contributed by atoms with Gasteiger partial charge in [-0.2, -0.15) is 0 Å². The average molecular weight is 403 g/mol. The van der Waals surface area contributed by atoms with Crippen molar-refractivity contribution in [3.05, 3.63) is 59.4 Å². The number of nitrogens with one attached hydrogen (secondary N) is 1. The van der Waals surface area contributed by atoms with Crippen molar-refractivity contribution >= 4 is 35.0 Å². The molecule has 1 atom stereocenters. The van der Waals surface area contributed by atoms with Crippen molar-refractivity contribution in [2.75, 3.05) is 12.4 Å². The first kappa shape index (κ1) is 19.3. The maximum absolute atomic E-state index is 12.6. The summed E-state index contributed by atoms with van der Waals surface area (Å²) in [7, 11) is 1.54. The molecule has 8 heteroatoms. The molecule has 140 valence electrons. The van der Waals surface area contributed by atoms with Crippen molar-refractivity contribution in [2.24, 2.45) is 0 Å². The Balaban J connectivity index is 1.73. The Morgan fingerprint density at radius 3 is 2.63 bits per heavy atom. The number of rotatable bonds is 6. The van der Waals surface area contributed by atoms with E-state index in [2.05, 4.69) is 15.5 Å². The number of amides is 1. The van der Waals surface area contributed by atoms with Gasteiger partial charge in [0.15, 0.2) is 5.16 Å². The smallest absolute Gasteiger partial charge is 0.237 e. The van der Waals surface area contributed by atoms with Crippen LogP contribution in [-0.2, 0) is 4.79 Å². The summed E-state index contributed by atoms with van der Waals surface area (Å²) in [4.78, 5) is 12.6. The molecule has 0 saturated carbocycles. The second-order valence-electron chi connectivity index (χ2n) is 5.80. The van der Waals surface area contributed by atoms with Gasteiger partial charge in [0.05, 0.1) is 17.4 Å². The zero-order valence-corrected chi connectivity index (χ0v) is 16.7. The molecular formula is C19H19ClN4O2S. The number of hydrogen-bond donors (Lipinski definition) is 1. The quantitative estimate of drug-likeness (QED) is 0.620. The molecule has 0 radical (unpaired) electrons. The molecule has 2 aromatic carbocycles. The van der Waals surface area contributed by atoms with Crippen molar-refractivity contribution in [3.63, 3.8) is 0 Å². The summed E-state index contributed by atoms with van der Waals surface area (Å²) in [6.45, 7) is 3.71. The molecule has 27 heavy (non-hydrogen) atoms. The largest absolute Gasteiger partial charge is 0.495 e. The third-order valence-electron chi connectivity index (χ3n) is 3.88. The van der Waals surface area contributed by atoms with Crippen LogP contribution < -0.4 is 10.1 Å². The van der Waals surface area contributed by atoms with Gasteiger partial charge in [0.2, 0.25) is 5.91 Å². The Hall–Kier alpha value is -2.51. The lowest BCUT2D eigenvalue weighted by Gasteiger charge is -2.14. The van der Waals surface area contributed by atoms with Crippen LogP contribution in [-0.4, -0.2) is 33.0 Å². The molecule has 3 aromatic rings. The number of nitrogens with zero attached hydrogens (tertiary/aromatic N) is 3. The van der Waals surface area contributed by atoms with Gasteiger partial charge in [0, 0.05) is 11.4 Å². The van der Waals surface area contributed by atoms with E-state index in [9.17, 15) is 4.79 Å². The third kappa shape index (κ3) is 4.43. The van der Waals surface area contributed by atoms with Gasteiger partial charge >= 0.3 is 0 Å². The number of benzene rings is 2. The Bertz CT molecular complexity index is 946. The summed E-state index contributed by atoms with van der Waals surface area (Å²) in [6.07, 6.45) is 0. The van der Waals surface area contributed by atoms with Crippen LogP contribution in [0.1, 0.15) is 12.7 Å². The molecule has 1 amide bonds. The first-order valence-electron chi connectivity index (χ1n) is 8.28. The van der Waals surface area contributed by atoms with Crippen LogP contribution in [0.4, 0.5) is 5.69 Å².